The van der Waals surface area contributed by atoms with Crippen LogP contribution in [0.2, 0.25) is 0 Å². The summed E-state index contributed by atoms with van der Waals surface area (Å²) >= 11 is 1.49. The van der Waals surface area contributed by atoms with Crippen molar-refractivity contribution >= 4 is 22.7 Å². The normalized spacial score (nSPS) is 11.2. The summed E-state index contributed by atoms with van der Waals surface area (Å²) in [5, 5.41) is 13.7. The zero-order valence-corrected chi connectivity index (χ0v) is 15.9. The lowest BCUT2D eigenvalue weighted by molar-refractivity contribution is 0.559. The van der Waals surface area contributed by atoms with Crippen molar-refractivity contribution in [3.05, 3.63) is 75.6 Å². The van der Waals surface area contributed by atoms with Gasteiger partial charge in [-0.25, -0.2) is 4.79 Å². The number of benzene rings is 2. The van der Waals surface area contributed by atoms with Crippen LogP contribution in [0.5, 0.6) is 0 Å². The lowest BCUT2D eigenvalue weighted by Gasteiger charge is -2.08. The van der Waals surface area contributed by atoms with Gasteiger partial charge in [-0.3, -0.25) is 0 Å². The Labute approximate surface area is 160 Å². The van der Waals surface area contributed by atoms with Crippen LogP contribution >= 0.6 is 11.8 Å². The van der Waals surface area contributed by atoms with Gasteiger partial charge in [-0.15, -0.1) is 5.10 Å². The monoisotopic (exact) mass is 378 g/mol. The summed E-state index contributed by atoms with van der Waals surface area (Å²) in [7, 11) is 0. The second kappa shape index (κ2) is 7.36. The molecule has 0 fully saturated rings. The molecule has 0 atom stereocenters. The molecular formula is C20H18N4O2S. The Morgan fingerprint density at radius 3 is 2.81 bits per heavy atom. The maximum absolute atomic E-state index is 12.0. The van der Waals surface area contributed by atoms with Gasteiger partial charge in [-0.2, -0.15) is 4.68 Å². The molecule has 136 valence electrons. The molecule has 4 aromatic rings. The molecule has 0 amide bonds. The number of tetrazole rings is 1. The summed E-state index contributed by atoms with van der Waals surface area (Å²) in [6.07, 6.45) is 0.893. The minimum atomic E-state index is -0.343. The van der Waals surface area contributed by atoms with E-state index >= 15 is 0 Å². The number of hydrogen-bond acceptors (Lipinski definition) is 6. The summed E-state index contributed by atoms with van der Waals surface area (Å²) in [5.41, 5.74) is 4.35. The van der Waals surface area contributed by atoms with Gasteiger partial charge in [0.25, 0.3) is 0 Å². The number of aryl methyl sites for hydroxylation is 2. The van der Waals surface area contributed by atoms with Crippen molar-refractivity contribution in [2.75, 3.05) is 0 Å². The molecule has 0 radical (unpaired) electrons. The van der Waals surface area contributed by atoms with Crippen molar-refractivity contribution in [1.82, 2.24) is 20.2 Å². The van der Waals surface area contributed by atoms with Gasteiger partial charge in [0.1, 0.15) is 5.58 Å². The van der Waals surface area contributed by atoms with Gasteiger partial charge in [0, 0.05) is 17.2 Å². The summed E-state index contributed by atoms with van der Waals surface area (Å²) in [5.74, 6) is 0.569. The molecule has 7 heteroatoms. The van der Waals surface area contributed by atoms with Gasteiger partial charge in [-0.05, 0) is 52.6 Å². The van der Waals surface area contributed by atoms with Crippen LogP contribution < -0.4 is 5.63 Å². The van der Waals surface area contributed by atoms with Crippen LogP contribution in [-0.2, 0) is 12.2 Å². The van der Waals surface area contributed by atoms with Crippen molar-refractivity contribution in [2.45, 2.75) is 31.2 Å². The van der Waals surface area contributed by atoms with E-state index in [1.54, 1.807) is 10.7 Å². The summed E-state index contributed by atoms with van der Waals surface area (Å²) in [4.78, 5) is 12.0. The first-order valence-corrected chi connectivity index (χ1v) is 9.67. The number of para-hydroxylation sites is 1. The quantitative estimate of drug-likeness (QED) is 0.387. The Bertz CT molecular complexity index is 1170. The highest BCUT2D eigenvalue weighted by Gasteiger charge is 2.13. The number of nitrogens with zero attached hydrogens (tertiary/aromatic N) is 4. The first kappa shape index (κ1) is 17.5. The highest BCUT2D eigenvalue weighted by molar-refractivity contribution is 7.98. The summed E-state index contributed by atoms with van der Waals surface area (Å²) in [6, 6.07) is 15.5. The Morgan fingerprint density at radius 1 is 1.15 bits per heavy atom. The summed E-state index contributed by atoms with van der Waals surface area (Å²) in [6.45, 7) is 4.09. The lowest BCUT2D eigenvalue weighted by Crippen LogP contribution is -2.03. The molecule has 2 aromatic carbocycles. The highest BCUT2D eigenvalue weighted by Crippen LogP contribution is 2.27. The van der Waals surface area contributed by atoms with Gasteiger partial charge in [-0.1, -0.05) is 49.0 Å². The zero-order valence-electron chi connectivity index (χ0n) is 15.0. The maximum Gasteiger partial charge on any atom is 0.336 e. The average molecular weight is 378 g/mol. The van der Waals surface area contributed by atoms with Gasteiger partial charge >= 0.3 is 5.63 Å². The van der Waals surface area contributed by atoms with Crippen LogP contribution in [0.25, 0.3) is 16.7 Å². The smallest absolute Gasteiger partial charge is 0.336 e. The molecule has 0 unspecified atom stereocenters. The van der Waals surface area contributed by atoms with Crippen LogP contribution in [0.15, 0.2) is 62.9 Å². The predicted molar refractivity (Wildman–Crippen MR) is 105 cm³/mol. The molecule has 6 nitrogen and oxygen atoms in total. The van der Waals surface area contributed by atoms with Gasteiger partial charge < -0.3 is 4.42 Å². The fourth-order valence-electron chi connectivity index (χ4n) is 2.98. The Kier molecular flexibility index (Phi) is 4.77. The third-order valence-electron chi connectivity index (χ3n) is 4.44. The molecule has 27 heavy (non-hydrogen) atoms. The second-order valence-corrected chi connectivity index (χ2v) is 7.17. The molecule has 0 aliphatic heterocycles. The molecular weight excluding hydrogens is 360 g/mol. The van der Waals surface area contributed by atoms with Crippen molar-refractivity contribution < 1.29 is 4.42 Å². The first-order valence-electron chi connectivity index (χ1n) is 8.68. The Morgan fingerprint density at radius 2 is 2.00 bits per heavy atom. The molecule has 2 heterocycles. The van der Waals surface area contributed by atoms with Gasteiger partial charge in [0.15, 0.2) is 0 Å². The van der Waals surface area contributed by atoms with E-state index < -0.39 is 0 Å². The van der Waals surface area contributed by atoms with Gasteiger partial charge in [0.05, 0.1) is 5.69 Å². The Hall–Kier alpha value is -2.93. The van der Waals surface area contributed by atoms with E-state index in [1.807, 2.05) is 43.3 Å². The minimum absolute atomic E-state index is 0.343. The van der Waals surface area contributed by atoms with Gasteiger partial charge in [0.2, 0.25) is 5.16 Å². The standard InChI is InChI=1S/C20H18N4O2S/c1-3-14-8-9-16-15(11-19(25)26-18(16)10-14)12-27-20-21-22-23-24(20)17-7-5-4-6-13(17)2/h4-11H,3,12H2,1-2H3. The third kappa shape index (κ3) is 3.50. The van der Waals surface area contributed by atoms with E-state index in [0.717, 1.165) is 34.2 Å². The Balaban J connectivity index is 1.67. The van der Waals surface area contributed by atoms with E-state index in [-0.39, 0.29) is 5.63 Å². The topological polar surface area (TPSA) is 73.8 Å². The maximum atomic E-state index is 12.0. The second-order valence-electron chi connectivity index (χ2n) is 6.22. The fraction of sp³-hybridized carbons (Fsp3) is 0.200. The van der Waals surface area contributed by atoms with E-state index in [9.17, 15) is 4.79 Å². The summed E-state index contributed by atoms with van der Waals surface area (Å²) < 4.78 is 7.11. The van der Waals surface area contributed by atoms with E-state index in [1.165, 1.54) is 11.8 Å². The van der Waals surface area contributed by atoms with Crippen LogP contribution in [0.1, 0.15) is 23.6 Å². The van der Waals surface area contributed by atoms with Crippen molar-refractivity contribution in [2.24, 2.45) is 0 Å². The molecule has 0 N–H and O–H groups in total. The van der Waals surface area contributed by atoms with Crippen LogP contribution in [0.3, 0.4) is 0 Å². The SMILES string of the molecule is CCc1ccc2c(CSc3nnnn3-c3ccccc3C)cc(=O)oc2c1. The molecule has 0 aliphatic rings. The largest absolute Gasteiger partial charge is 0.423 e. The highest BCUT2D eigenvalue weighted by atomic mass is 32.2. The van der Waals surface area contributed by atoms with E-state index in [2.05, 4.69) is 28.5 Å². The average Bonchev–Trinajstić information content (AvgIpc) is 3.14. The molecule has 0 saturated carbocycles. The molecule has 0 aliphatic carbocycles. The molecule has 0 spiro atoms. The minimum Gasteiger partial charge on any atom is -0.423 e. The van der Waals surface area contributed by atoms with Crippen LogP contribution in [0.4, 0.5) is 0 Å². The lowest BCUT2D eigenvalue weighted by atomic mass is 10.1. The van der Waals surface area contributed by atoms with Crippen LogP contribution in [-0.4, -0.2) is 20.2 Å². The van der Waals surface area contributed by atoms with Crippen molar-refractivity contribution in [3.8, 4) is 5.69 Å². The number of fused-ring (bicyclic) bond motifs is 1. The third-order valence-corrected chi connectivity index (χ3v) is 5.41. The van der Waals surface area contributed by atoms with Crippen molar-refractivity contribution in [1.29, 1.82) is 0 Å². The predicted octanol–water partition coefficient (Wildman–Crippen LogP) is 3.93. The number of rotatable bonds is 5. The number of thioether (sulfide) groups is 1. The van der Waals surface area contributed by atoms with E-state index in [0.29, 0.717) is 16.5 Å². The molecule has 0 bridgehead atoms. The molecule has 4 rings (SSSR count). The molecule has 2 aromatic heterocycles. The first-order chi connectivity index (χ1) is 13.2. The number of hydrogen-bond donors (Lipinski definition) is 0. The van der Waals surface area contributed by atoms with E-state index in [4.69, 9.17) is 4.42 Å². The van der Waals surface area contributed by atoms with Crippen LogP contribution in [0, 0.1) is 6.92 Å². The van der Waals surface area contributed by atoms with Crippen molar-refractivity contribution in [3.63, 3.8) is 0 Å². The number of aromatic nitrogens is 4. The molecule has 0 saturated heterocycles. The zero-order chi connectivity index (χ0) is 18.8. The fourth-order valence-corrected chi connectivity index (χ4v) is 3.85.